The third-order valence-electron chi connectivity index (χ3n) is 2.54. The van der Waals surface area contributed by atoms with Crippen LogP contribution in [0.5, 0.6) is 5.75 Å². The minimum absolute atomic E-state index is 0.383. The second-order valence-electron chi connectivity index (χ2n) is 3.96. The smallest absolute Gasteiger partial charge is 0.122 e. The zero-order valence-electron chi connectivity index (χ0n) is 10.2. The Morgan fingerprint density at radius 3 is 2.69 bits per heavy atom. The van der Waals surface area contributed by atoms with Crippen molar-refractivity contribution in [3.8, 4) is 5.75 Å². The highest BCUT2D eigenvalue weighted by atomic mass is 16.5. The zero-order chi connectivity index (χ0) is 12.0. The topological polar surface area (TPSA) is 38.7 Å². The van der Waals surface area contributed by atoms with Crippen LogP contribution >= 0.6 is 0 Å². The van der Waals surface area contributed by atoms with E-state index in [0.29, 0.717) is 13.0 Å². The number of aryl methyl sites for hydroxylation is 2. The van der Waals surface area contributed by atoms with Crippen molar-refractivity contribution in [1.82, 2.24) is 0 Å². The molecule has 0 aliphatic rings. The maximum atomic E-state index is 9.58. The monoisotopic (exact) mass is 224 g/mol. The first-order valence-electron chi connectivity index (χ1n) is 5.48. The Balaban J connectivity index is 2.61. The summed E-state index contributed by atoms with van der Waals surface area (Å²) in [7, 11) is 3.26. The summed E-state index contributed by atoms with van der Waals surface area (Å²) in [5, 5.41) is 9.58. The molecule has 0 spiro atoms. The van der Waals surface area contributed by atoms with Gasteiger partial charge in [0.15, 0.2) is 0 Å². The summed E-state index contributed by atoms with van der Waals surface area (Å²) in [5.74, 6) is 0.884. The van der Waals surface area contributed by atoms with Crippen LogP contribution in [0.15, 0.2) is 18.2 Å². The van der Waals surface area contributed by atoms with Gasteiger partial charge in [0.05, 0.1) is 19.8 Å². The summed E-state index contributed by atoms with van der Waals surface area (Å²) in [4.78, 5) is 0. The number of ether oxygens (including phenoxy) is 2. The molecule has 16 heavy (non-hydrogen) atoms. The molecule has 3 heteroatoms. The van der Waals surface area contributed by atoms with Gasteiger partial charge in [-0.3, -0.25) is 0 Å². The van der Waals surface area contributed by atoms with E-state index in [1.165, 1.54) is 5.56 Å². The van der Waals surface area contributed by atoms with Gasteiger partial charge in [-0.25, -0.2) is 0 Å². The molecule has 0 amide bonds. The van der Waals surface area contributed by atoms with Gasteiger partial charge in [0, 0.05) is 7.11 Å². The molecule has 0 aliphatic carbocycles. The van der Waals surface area contributed by atoms with Crippen LogP contribution in [0.1, 0.15) is 17.5 Å². The first-order valence-corrected chi connectivity index (χ1v) is 5.48. The SMILES string of the molecule is COCC(O)CCc1cc(C)ccc1OC. The lowest BCUT2D eigenvalue weighted by Gasteiger charge is -2.12. The van der Waals surface area contributed by atoms with Crippen LogP contribution in [-0.2, 0) is 11.2 Å². The summed E-state index contributed by atoms with van der Waals surface area (Å²) >= 11 is 0. The summed E-state index contributed by atoms with van der Waals surface area (Å²) in [6, 6.07) is 6.08. The molecule has 1 N–H and O–H groups in total. The van der Waals surface area contributed by atoms with Gasteiger partial charge in [0.25, 0.3) is 0 Å². The van der Waals surface area contributed by atoms with Gasteiger partial charge in [-0.1, -0.05) is 17.7 Å². The average molecular weight is 224 g/mol. The van der Waals surface area contributed by atoms with Crippen molar-refractivity contribution >= 4 is 0 Å². The number of hydrogen-bond donors (Lipinski definition) is 1. The van der Waals surface area contributed by atoms with E-state index < -0.39 is 6.10 Å². The Hall–Kier alpha value is -1.06. The molecular formula is C13H20O3. The molecule has 0 saturated heterocycles. The van der Waals surface area contributed by atoms with Gasteiger partial charge in [-0.15, -0.1) is 0 Å². The molecule has 1 atom stereocenters. The molecule has 0 fully saturated rings. The van der Waals surface area contributed by atoms with Gasteiger partial charge in [0.1, 0.15) is 5.75 Å². The highest BCUT2D eigenvalue weighted by Crippen LogP contribution is 2.21. The van der Waals surface area contributed by atoms with E-state index in [4.69, 9.17) is 9.47 Å². The molecule has 0 aliphatic heterocycles. The second-order valence-corrected chi connectivity index (χ2v) is 3.96. The average Bonchev–Trinajstić information content (AvgIpc) is 2.27. The maximum Gasteiger partial charge on any atom is 0.122 e. The number of benzene rings is 1. The molecule has 3 nitrogen and oxygen atoms in total. The Kier molecular flexibility index (Phi) is 5.29. The fraction of sp³-hybridized carbons (Fsp3) is 0.538. The van der Waals surface area contributed by atoms with E-state index in [1.54, 1.807) is 14.2 Å². The minimum atomic E-state index is -0.407. The maximum absolute atomic E-state index is 9.58. The van der Waals surface area contributed by atoms with Gasteiger partial charge < -0.3 is 14.6 Å². The molecule has 0 heterocycles. The molecule has 0 aromatic heterocycles. The number of hydrogen-bond acceptors (Lipinski definition) is 3. The van der Waals surface area contributed by atoms with Crippen LogP contribution in [0.3, 0.4) is 0 Å². The van der Waals surface area contributed by atoms with Crippen molar-refractivity contribution in [2.75, 3.05) is 20.8 Å². The van der Waals surface area contributed by atoms with Crippen molar-refractivity contribution in [3.63, 3.8) is 0 Å². The third-order valence-corrected chi connectivity index (χ3v) is 2.54. The Labute approximate surface area is 97.0 Å². The fourth-order valence-corrected chi connectivity index (χ4v) is 1.70. The minimum Gasteiger partial charge on any atom is -0.496 e. The molecule has 0 radical (unpaired) electrons. The van der Waals surface area contributed by atoms with Crippen LogP contribution in [0, 0.1) is 6.92 Å². The quantitative estimate of drug-likeness (QED) is 0.802. The largest absolute Gasteiger partial charge is 0.496 e. The summed E-state index contributed by atoms with van der Waals surface area (Å²) < 4.78 is 10.2. The first-order chi connectivity index (χ1) is 7.67. The molecule has 1 aromatic rings. The van der Waals surface area contributed by atoms with E-state index in [-0.39, 0.29) is 0 Å². The Morgan fingerprint density at radius 2 is 2.06 bits per heavy atom. The van der Waals surface area contributed by atoms with Crippen molar-refractivity contribution in [2.24, 2.45) is 0 Å². The summed E-state index contributed by atoms with van der Waals surface area (Å²) in [6.45, 7) is 2.43. The van der Waals surface area contributed by atoms with E-state index in [2.05, 4.69) is 13.0 Å². The molecule has 0 saturated carbocycles. The number of methoxy groups -OCH3 is 2. The van der Waals surface area contributed by atoms with Crippen LogP contribution < -0.4 is 4.74 Å². The van der Waals surface area contributed by atoms with Crippen molar-refractivity contribution in [2.45, 2.75) is 25.9 Å². The predicted octanol–water partition coefficient (Wildman–Crippen LogP) is 1.94. The zero-order valence-corrected chi connectivity index (χ0v) is 10.2. The van der Waals surface area contributed by atoms with Gasteiger partial charge in [-0.05, 0) is 31.4 Å². The van der Waals surface area contributed by atoms with E-state index in [9.17, 15) is 5.11 Å². The number of rotatable bonds is 6. The summed E-state index contributed by atoms with van der Waals surface area (Å²) in [6.07, 6.45) is 1.08. The Bertz CT molecular complexity index is 323. The highest BCUT2D eigenvalue weighted by Gasteiger charge is 2.07. The van der Waals surface area contributed by atoms with E-state index in [1.807, 2.05) is 12.1 Å². The highest BCUT2D eigenvalue weighted by molar-refractivity contribution is 5.36. The lowest BCUT2D eigenvalue weighted by atomic mass is 10.0. The van der Waals surface area contributed by atoms with Crippen LogP contribution in [0.25, 0.3) is 0 Å². The van der Waals surface area contributed by atoms with Crippen molar-refractivity contribution < 1.29 is 14.6 Å². The Morgan fingerprint density at radius 1 is 1.31 bits per heavy atom. The van der Waals surface area contributed by atoms with Crippen LogP contribution in [0.4, 0.5) is 0 Å². The molecule has 1 aromatic carbocycles. The number of aliphatic hydroxyl groups is 1. The molecule has 0 bridgehead atoms. The van der Waals surface area contributed by atoms with Gasteiger partial charge >= 0.3 is 0 Å². The van der Waals surface area contributed by atoms with Crippen molar-refractivity contribution in [1.29, 1.82) is 0 Å². The van der Waals surface area contributed by atoms with Gasteiger partial charge in [0.2, 0.25) is 0 Å². The summed E-state index contributed by atoms with van der Waals surface area (Å²) in [5.41, 5.74) is 2.34. The second kappa shape index (κ2) is 6.51. The lowest BCUT2D eigenvalue weighted by molar-refractivity contribution is 0.0594. The first kappa shape index (κ1) is 13.0. The molecular weight excluding hydrogens is 204 g/mol. The molecule has 90 valence electrons. The van der Waals surface area contributed by atoms with Crippen molar-refractivity contribution in [3.05, 3.63) is 29.3 Å². The van der Waals surface area contributed by atoms with Crippen LogP contribution in [-0.4, -0.2) is 32.0 Å². The van der Waals surface area contributed by atoms with E-state index in [0.717, 1.165) is 17.7 Å². The van der Waals surface area contributed by atoms with Crippen LogP contribution in [0.2, 0.25) is 0 Å². The number of aliphatic hydroxyl groups excluding tert-OH is 1. The normalized spacial score (nSPS) is 12.5. The van der Waals surface area contributed by atoms with E-state index >= 15 is 0 Å². The molecule has 1 rings (SSSR count). The lowest BCUT2D eigenvalue weighted by Crippen LogP contribution is -2.14. The molecule has 1 unspecified atom stereocenters. The third kappa shape index (κ3) is 3.83. The standard InChI is InChI=1S/C13H20O3/c1-10-4-7-13(16-3)11(8-10)5-6-12(14)9-15-2/h4,7-8,12,14H,5-6,9H2,1-3H3. The van der Waals surface area contributed by atoms with Gasteiger partial charge in [-0.2, -0.15) is 0 Å². The fourth-order valence-electron chi connectivity index (χ4n) is 1.70. The predicted molar refractivity (Wildman–Crippen MR) is 63.9 cm³/mol.